The highest BCUT2D eigenvalue weighted by atomic mass is 32.2. The molecule has 1 fully saturated rings. The van der Waals surface area contributed by atoms with Crippen LogP contribution in [-0.4, -0.2) is 54.0 Å². The van der Waals surface area contributed by atoms with Crippen molar-refractivity contribution in [2.75, 3.05) is 19.7 Å². The Hall–Kier alpha value is -3.56. The fourth-order valence-corrected chi connectivity index (χ4v) is 5.54. The van der Waals surface area contributed by atoms with Crippen molar-refractivity contribution < 1.29 is 22.7 Å². The lowest BCUT2D eigenvalue weighted by atomic mass is 10.1. The summed E-state index contributed by atoms with van der Waals surface area (Å²) in [6.07, 6.45) is 4.60. The van der Waals surface area contributed by atoms with Gasteiger partial charge in [0.25, 0.3) is 0 Å². The minimum Gasteiger partial charge on any atom is -0.454 e. The second-order valence-corrected chi connectivity index (χ2v) is 10.3. The third kappa shape index (κ3) is 5.41. The van der Waals surface area contributed by atoms with Gasteiger partial charge in [0.1, 0.15) is 0 Å². The summed E-state index contributed by atoms with van der Waals surface area (Å²) in [6, 6.07) is 15.4. The number of benzene rings is 2. The maximum absolute atomic E-state index is 12.6. The fraction of sp³-hybridized carbons (Fsp3) is 0.269. The maximum atomic E-state index is 12.6. The summed E-state index contributed by atoms with van der Waals surface area (Å²) in [5, 5.41) is 4.54. The normalized spacial score (nSPS) is 14.5. The van der Waals surface area contributed by atoms with Crippen molar-refractivity contribution in [2.45, 2.75) is 31.6 Å². The summed E-state index contributed by atoms with van der Waals surface area (Å²) in [5.74, 6) is -1.07. The molecule has 0 atom stereocenters. The fourth-order valence-electron chi connectivity index (χ4n) is 4.03. The van der Waals surface area contributed by atoms with Gasteiger partial charge in [-0.15, -0.1) is 0 Å². The third-order valence-electron chi connectivity index (χ3n) is 5.96. The highest BCUT2D eigenvalue weighted by Gasteiger charge is 2.27. The van der Waals surface area contributed by atoms with E-state index in [0.717, 1.165) is 35.5 Å². The first-order valence-corrected chi connectivity index (χ1v) is 12.8. The molecular weight excluding hydrogens is 466 g/mol. The lowest BCUT2D eigenvalue weighted by Crippen LogP contribution is -2.27. The lowest BCUT2D eigenvalue weighted by Gasteiger charge is -2.15. The zero-order valence-electron chi connectivity index (χ0n) is 19.7. The van der Waals surface area contributed by atoms with Crippen molar-refractivity contribution in [3.8, 4) is 5.69 Å². The maximum Gasteiger partial charge on any atom is 0.331 e. The van der Waals surface area contributed by atoms with Gasteiger partial charge in [-0.3, -0.25) is 4.79 Å². The number of para-hydroxylation sites is 1. The van der Waals surface area contributed by atoms with Gasteiger partial charge in [0, 0.05) is 36.0 Å². The number of hydrogen-bond donors (Lipinski definition) is 0. The van der Waals surface area contributed by atoms with E-state index in [1.54, 1.807) is 10.8 Å². The molecule has 1 saturated heterocycles. The molecule has 1 aliphatic rings. The topological polar surface area (TPSA) is 98.6 Å². The van der Waals surface area contributed by atoms with Gasteiger partial charge in [-0.05, 0) is 69.2 Å². The van der Waals surface area contributed by atoms with Crippen molar-refractivity contribution in [2.24, 2.45) is 0 Å². The third-order valence-corrected chi connectivity index (χ3v) is 7.87. The Balaban J connectivity index is 1.36. The summed E-state index contributed by atoms with van der Waals surface area (Å²) >= 11 is 0. The van der Waals surface area contributed by atoms with Crippen LogP contribution < -0.4 is 0 Å². The van der Waals surface area contributed by atoms with Crippen LogP contribution in [0.5, 0.6) is 0 Å². The Labute approximate surface area is 204 Å². The zero-order valence-corrected chi connectivity index (χ0v) is 20.5. The average Bonchev–Trinajstić information content (AvgIpc) is 3.51. The molecular formula is C26H27N3O5S. The Morgan fingerprint density at radius 3 is 2.31 bits per heavy atom. The standard InChI is InChI=1S/C26H27N3O5S/c1-19-24(20(2)29(27-19)22-8-4-3-5-9-22)14-15-26(31)34-18-25(30)21-10-12-23(13-11-21)35(32,33)28-16-6-7-17-28/h3-5,8-15H,6-7,16-18H2,1-2H3/b15-14+. The quantitative estimate of drug-likeness (QED) is 0.270. The highest BCUT2D eigenvalue weighted by Crippen LogP contribution is 2.22. The number of aromatic nitrogens is 2. The number of carbonyl (C=O) groups is 2. The number of ether oxygens (including phenoxy) is 1. The van der Waals surface area contributed by atoms with E-state index in [1.165, 1.54) is 34.6 Å². The molecule has 9 heteroatoms. The van der Waals surface area contributed by atoms with Crippen LogP contribution in [-0.2, 0) is 19.6 Å². The van der Waals surface area contributed by atoms with Gasteiger partial charge >= 0.3 is 5.97 Å². The van der Waals surface area contributed by atoms with E-state index >= 15 is 0 Å². The lowest BCUT2D eigenvalue weighted by molar-refractivity contribution is -0.136. The first-order valence-electron chi connectivity index (χ1n) is 11.4. The molecule has 0 N–H and O–H groups in total. The molecule has 0 unspecified atom stereocenters. The predicted octanol–water partition coefficient (Wildman–Crippen LogP) is 3.71. The van der Waals surface area contributed by atoms with E-state index in [0.29, 0.717) is 13.1 Å². The van der Waals surface area contributed by atoms with Crippen LogP contribution in [0, 0.1) is 13.8 Å². The van der Waals surface area contributed by atoms with Gasteiger partial charge in [0.15, 0.2) is 12.4 Å². The second kappa shape index (κ2) is 10.4. The van der Waals surface area contributed by atoms with Crippen molar-refractivity contribution in [3.63, 3.8) is 0 Å². The number of carbonyl (C=O) groups excluding carboxylic acids is 2. The molecule has 3 aromatic rings. The zero-order chi connectivity index (χ0) is 25.0. The number of aryl methyl sites for hydroxylation is 1. The molecule has 35 heavy (non-hydrogen) atoms. The number of nitrogens with zero attached hydrogens (tertiary/aromatic N) is 3. The molecule has 8 nitrogen and oxygen atoms in total. The number of ketones is 1. The summed E-state index contributed by atoms with van der Waals surface area (Å²) in [5.41, 5.74) is 3.62. The van der Waals surface area contributed by atoms with Gasteiger partial charge in [0.05, 0.1) is 16.3 Å². The monoisotopic (exact) mass is 493 g/mol. The first-order chi connectivity index (χ1) is 16.8. The molecule has 0 saturated carbocycles. The molecule has 182 valence electrons. The molecule has 0 amide bonds. The Morgan fingerprint density at radius 1 is 1.00 bits per heavy atom. The molecule has 2 aromatic carbocycles. The van der Waals surface area contributed by atoms with Crippen LogP contribution in [0.3, 0.4) is 0 Å². The molecule has 1 aliphatic heterocycles. The van der Waals surface area contributed by atoms with Crippen LogP contribution in [0.25, 0.3) is 11.8 Å². The molecule has 0 bridgehead atoms. The van der Waals surface area contributed by atoms with Gasteiger partial charge in [-0.2, -0.15) is 9.40 Å². The van der Waals surface area contributed by atoms with Crippen LogP contribution in [0.15, 0.2) is 65.6 Å². The number of esters is 1. The number of rotatable bonds is 8. The molecule has 1 aromatic heterocycles. The van der Waals surface area contributed by atoms with Gasteiger partial charge in [-0.1, -0.05) is 18.2 Å². The summed E-state index contributed by atoms with van der Waals surface area (Å²) in [4.78, 5) is 24.8. The van der Waals surface area contributed by atoms with E-state index in [4.69, 9.17) is 4.74 Å². The van der Waals surface area contributed by atoms with Crippen molar-refractivity contribution in [1.82, 2.24) is 14.1 Å². The SMILES string of the molecule is Cc1nn(-c2ccccc2)c(C)c1/C=C/C(=O)OCC(=O)c1ccc(S(=O)(=O)N2CCCC2)cc1. The smallest absolute Gasteiger partial charge is 0.331 e. The van der Waals surface area contributed by atoms with E-state index in [-0.39, 0.29) is 10.5 Å². The van der Waals surface area contributed by atoms with Crippen molar-refractivity contribution >= 4 is 27.9 Å². The Kier molecular flexibility index (Phi) is 7.28. The van der Waals surface area contributed by atoms with Crippen LogP contribution in [0.2, 0.25) is 0 Å². The first kappa shape index (κ1) is 24.6. The highest BCUT2D eigenvalue weighted by molar-refractivity contribution is 7.89. The van der Waals surface area contributed by atoms with E-state index < -0.39 is 28.4 Å². The van der Waals surface area contributed by atoms with Crippen LogP contribution >= 0.6 is 0 Å². The average molecular weight is 494 g/mol. The molecule has 4 rings (SSSR count). The van der Waals surface area contributed by atoms with Crippen LogP contribution in [0.4, 0.5) is 0 Å². The summed E-state index contributed by atoms with van der Waals surface area (Å²) in [7, 11) is -3.54. The Bertz CT molecular complexity index is 1350. The minimum atomic E-state index is -3.54. The Morgan fingerprint density at radius 2 is 1.66 bits per heavy atom. The molecule has 0 radical (unpaired) electrons. The minimum absolute atomic E-state index is 0.151. The molecule has 0 spiro atoms. The summed E-state index contributed by atoms with van der Waals surface area (Å²) < 4.78 is 33.6. The van der Waals surface area contributed by atoms with Gasteiger partial charge in [0.2, 0.25) is 10.0 Å². The predicted molar refractivity (Wildman–Crippen MR) is 132 cm³/mol. The van der Waals surface area contributed by atoms with Gasteiger partial charge < -0.3 is 4.74 Å². The van der Waals surface area contributed by atoms with Crippen molar-refractivity contribution in [3.05, 3.63) is 83.2 Å². The van der Waals surface area contributed by atoms with Crippen LogP contribution in [0.1, 0.15) is 40.2 Å². The second-order valence-electron chi connectivity index (χ2n) is 8.33. The van der Waals surface area contributed by atoms with Gasteiger partial charge in [-0.25, -0.2) is 17.9 Å². The molecule has 2 heterocycles. The number of sulfonamides is 1. The van der Waals surface area contributed by atoms with E-state index in [2.05, 4.69) is 5.10 Å². The molecule has 0 aliphatic carbocycles. The number of hydrogen-bond acceptors (Lipinski definition) is 6. The van der Waals surface area contributed by atoms with Crippen molar-refractivity contribution in [1.29, 1.82) is 0 Å². The van der Waals surface area contributed by atoms with E-state index in [1.807, 2.05) is 44.2 Å². The summed E-state index contributed by atoms with van der Waals surface area (Å²) in [6.45, 7) is 4.35. The largest absolute Gasteiger partial charge is 0.454 e. The van der Waals surface area contributed by atoms with E-state index in [9.17, 15) is 18.0 Å². The number of Topliss-reactive ketones (excluding diaryl/α,β-unsaturated/α-hetero) is 1.